The predicted octanol–water partition coefficient (Wildman–Crippen LogP) is 10.7. The number of furan rings is 1. The van der Waals surface area contributed by atoms with Gasteiger partial charge < -0.3 is 8.98 Å². The molecule has 5 nitrogen and oxygen atoms in total. The summed E-state index contributed by atoms with van der Waals surface area (Å²) in [4.78, 5) is 12.5. The van der Waals surface area contributed by atoms with Crippen LogP contribution in [-0.2, 0) is 5.41 Å². The molecule has 6 aromatic carbocycles. The van der Waals surface area contributed by atoms with Crippen molar-refractivity contribution in [1.82, 2.24) is 14.5 Å². The average molecular weight is 777 g/mol. The lowest BCUT2D eigenvalue weighted by molar-refractivity contribution is 0.626. The summed E-state index contributed by atoms with van der Waals surface area (Å²) in [5.41, 5.74) is 8.61. The van der Waals surface area contributed by atoms with Crippen LogP contribution in [0.4, 0.5) is 17.2 Å². The van der Waals surface area contributed by atoms with Crippen molar-refractivity contribution >= 4 is 62.8 Å². The smallest absolute Gasteiger partial charge is 0.179 e. The summed E-state index contributed by atoms with van der Waals surface area (Å²) in [6, 6.07) is 57.8. The summed E-state index contributed by atoms with van der Waals surface area (Å²) in [7, 11) is -2.99. The Kier molecular flexibility index (Phi) is 7.35. The van der Waals surface area contributed by atoms with E-state index in [0.29, 0.717) is 0 Å². The first-order chi connectivity index (χ1) is 29.0. The minimum absolute atomic E-state index is 0.0841. The largest absolute Gasteiger partial charge is 0.456 e. The molecule has 0 fully saturated rings. The van der Waals surface area contributed by atoms with Crippen LogP contribution < -0.4 is 20.5 Å². The Morgan fingerprint density at radius 3 is 2.17 bits per heavy atom. The lowest BCUT2D eigenvalue weighted by atomic mass is 9.74. The molecule has 282 valence electrons. The molecule has 2 unspecified atom stereocenters. The van der Waals surface area contributed by atoms with E-state index < -0.39 is 8.07 Å². The molecule has 3 aliphatic rings. The zero-order valence-electron chi connectivity index (χ0n) is 32.8. The van der Waals surface area contributed by atoms with Crippen molar-refractivity contribution < 1.29 is 4.42 Å². The highest BCUT2D eigenvalue weighted by Crippen LogP contribution is 2.53. The number of anilines is 3. The van der Waals surface area contributed by atoms with Gasteiger partial charge in [0.05, 0.1) is 11.4 Å². The Labute approximate surface area is 344 Å². The number of hydrogen-bond acceptors (Lipinski definition) is 4. The molecule has 0 radical (unpaired) electrons. The van der Waals surface area contributed by atoms with Crippen LogP contribution in [0, 0.1) is 0 Å². The minimum Gasteiger partial charge on any atom is -0.456 e. The Hall–Kier alpha value is -7.02. The molecule has 2 aliphatic heterocycles. The van der Waals surface area contributed by atoms with Crippen LogP contribution in [0.3, 0.4) is 0 Å². The van der Waals surface area contributed by atoms with E-state index in [1.54, 1.807) is 0 Å². The summed E-state index contributed by atoms with van der Waals surface area (Å²) in [6.45, 7) is 4.64. The van der Waals surface area contributed by atoms with E-state index in [4.69, 9.17) is 14.4 Å². The van der Waals surface area contributed by atoms with Gasteiger partial charge in [-0.2, -0.15) is 0 Å². The van der Waals surface area contributed by atoms with Crippen LogP contribution in [0.5, 0.6) is 0 Å². The number of imidazole rings is 1. The van der Waals surface area contributed by atoms with E-state index in [0.717, 1.165) is 45.0 Å². The highest BCUT2D eigenvalue weighted by Gasteiger charge is 2.46. The molecule has 6 heteroatoms. The highest BCUT2D eigenvalue weighted by atomic mass is 28.3. The number of allylic oxidation sites excluding steroid dienone is 4. The number of rotatable bonds is 5. The number of fused-ring (bicyclic) bond motifs is 11. The normalized spacial score (nSPS) is 17.5. The number of nitrogens with zero attached hydrogens (tertiary/aromatic N) is 4. The van der Waals surface area contributed by atoms with Crippen LogP contribution in [0.2, 0.25) is 0 Å². The molecule has 0 spiro atoms. The van der Waals surface area contributed by atoms with Crippen LogP contribution in [0.15, 0.2) is 204 Å². The number of aromatic nitrogens is 3. The second-order valence-electron chi connectivity index (χ2n) is 16.6. The third kappa shape index (κ3) is 4.84. The molecule has 1 aliphatic carbocycles. The maximum atomic E-state index is 6.55. The van der Waals surface area contributed by atoms with Gasteiger partial charge in [0.2, 0.25) is 0 Å². The second-order valence-corrected chi connectivity index (χ2v) is 20.4. The number of hydrogen-bond donors (Lipinski definition) is 0. The Morgan fingerprint density at radius 1 is 0.593 bits per heavy atom. The summed E-state index contributed by atoms with van der Waals surface area (Å²) in [6.07, 6.45) is 13.4. The van der Waals surface area contributed by atoms with E-state index in [-0.39, 0.29) is 17.3 Å². The lowest BCUT2D eigenvalue weighted by Crippen LogP contribution is -2.68. The molecule has 59 heavy (non-hydrogen) atoms. The molecule has 0 amide bonds. The standard InChI is InChI=1S/C53H40N4OSi/c1-53(2)45-23-14-28-54-52(45)57(48-34-50-43(33-46(48)53)42-22-10-12-25-49(42)58-50)35-15-13-20-38(31-35)59(36-16-5-3-6-17-36,37-18-7-4-8-19-37)39-26-27-40-41-21-9-11-24-47(41)56-30-29-55-51(56)44(40)32-39/h3-34,40,44H,1-2H3. The molecule has 3 aromatic heterocycles. The maximum Gasteiger partial charge on any atom is 0.179 e. The predicted molar refractivity (Wildman–Crippen MR) is 242 cm³/mol. The van der Waals surface area contributed by atoms with E-state index in [1.165, 1.54) is 43.1 Å². The van der Waals surface area contributed by atoms with Crippen LogP contribution >= 0.6 is 0 Å². The first kappa shape index (κ1) is 34.1. The van der Waals surface area contributed by atoms with E-state index in [2.05, 4.69) is 199 Å². The molecule has 9 aromatic rings. The molecule has 12 rings (SSSR count). The summed E-state index contributed by atoms with van der Waals surface area (Å²) < 4.78 is 8.84. The Bertz CT molecular complexity index is 3140. The van der Waals surface area contributed by atoms with E-state index >= 15 is 0 Å². The van der Waals surface area contributed by atoms with Gasteiger partial charge in [-0.25, -0.2) is 9.97 Å². The van der Waals surface area contributed by atoms with Crippen molar-refractivity contribution in [3.63, 3.8) is 0 Å². The molecular weight excluding hydrogens is 737 g/mol. The average Bonchev–Trinajstić information content (AvgIpc) is 3.93. The van der Waals surface area contributed by atoms with Crippen molar-refractivity contribution in [1.29, 1.82) is 0 Å². The molecule has 0 N–H and O–H groups in total. The van der Waals surface area contributed by atoms with E-state index in [1.807, 2.05) is 18.5 Å². The van der Waals surface area contributed by atoms with Crippen molar-refractivity contribution in [3.8, 4) is 5.69 Å². The zero-order valence-corrected chi connectivity index (χ0v) is 33.8. The molecule has 0 saturated heterocycles. The topological polar surface area (TPSA) is 47.1 Å². The summed E-state index contributed by atoms with van der Waals surface area (Å²) in [5, 5.41) is 7.58. The third-order valence-corrected chi connectivity index (χ3v) is 18.0. The van der Waals surface area contributed by atoms with Crippen molar-refractivity contribution in [2.24, 2.45) is 0 Å². The lowest BCUT2D eigenvalue weighted by Gasteiger charge is -2.42. The molecule has 2 atom stereocenters. The zero-order chi connectivity index (χ0) is 39.3. The van der Waals surface area contributed by atoms with Gasteiger partial charge in [0.15, 0.2) is 8.07 Å². The fraction of sp³-hybridized carbons (Fsp3) is 0.0943. The molecule has 0 saturated carbocycles. The van der Waals surface area contributed by atoms with Gasteiger partial charge in [-0.15, -0.1) is 0 Å². The van der Waals surface area contributed by atoms with Gasteiger partial charge in [0.1, 0.15) is 22.8 Å². The fourth-order valence-electron chi connectivity index (χ4n) is 10.5. The first-order valence-electron chi connectivity index (χ1n) is 20.5. The SMILES string of the molecule is CC1(C)c2cc3c(cc2N(c2cccc([Si](C4=CC5c6nccn6-c6ccccc6C5C=C4)(c4ccccc4)c4ccccc4)c2)c2ncccc21)oc1ccccc13. The monoisotopic (exact) mass is 776 g/mol. The number of benzene rings is 6. The van der Waals surface area contributed by atoms with E-state index in [9.17, 15) is 0 Å². The van der Waals surface area contributed by atoms with Gasteiger partial charge in [-0.05, 0) is 68.3 Å². The van der Waals surface area contributed by atoms with Crippen LogP contribution in [0.25, 0.3) is 27.6 Å². The molecular formula is C53H40N4OSi. The maximum absolute atomic E-state index is 6.55. The van der Waals surface area contributed by atoms with Crippen molar-refractivity contribution in [2.75, 3.05) is 4.90 Å². The second kappa shape index (κ2) is 12.7. The number of para-hydroxylation sites is 2. The number of pyridine rings is 1. The first-order valence-corrected chi connectivity index (χ1v) is 22.5. The fourth-order valence-corrected chi connectivity index (χ4v) is 15.4. The minimum atomic E-state index is -2.99. The summed E-state index contributed by atoms with van der Waals surface area (Å²) >= 11 is 0. The Morgan fingerprint density at radius 2 is 1.34 bits per heavy atom. The summed E-state index contributed by atoms with van der Waals surface area (Å²) in [5.74, 6) is 2.30. The van der Waals surface area contributed by atoms with Gasteiger partial charge in [0.25, 0.3) is 0 Å². The van der Waals surface area contributed by atoms with Gasteiger partial charge >= 0.3 is 0 Å². The van der Waals surface area contributed by atoms with Gasteiger partial charge in [-0.1, -0.05) is 147 Å². The van der Waals surface area contributed by atoms with Crippen LogP contribution in [-0.4, -0.2) is 22.6 Å². The van der Waals surface area contributed by atoms with Crippen molar-refractivity contribution in [3.05, 3.63) is 222 Å². The van der Waals surface area contributed by atoms with Gasteiger partial charge in [-0.3, -0.25) is 4.90 Å². The molecule has 0 bridgehead atoms. The van der Waals surface area contributed by atoms with Gasteiger partial charge in [0, 0.05) is 63.9 Å². The quantitative estimate of drug-likeness (QED) is 0.129. The third-order valence-electron chi connectivity index (χ3n) is 13.2. The molecule has 5 heterocycles. The Balaban J connectivity index is 1.11. The van der Waals surface area contributed by atoms with Crippen molar-refractivity contribution in [2.45, 2.75) is 31.1 Å². The van der Waals surface area contributed by atoms with Crippen LogP contribution in [0.1, 0.15) is 48.2 Å². The highest BCUT2D eigenvalue weighted by molar-refractivity contribution is 7.16.